The van der Waals surface area contributed by atoms with Gasteiger partial charge in [0.1, 0.15) is 5.75 Å². The molecule has 24 heavy (non-hydrogen) atoms. The summed E-state index contributed by atoms with van der Waals surface area (Å²) in [6, 6.07) is 6.28. The fourth-order valence-corrected chi connectivity index (χ4v) is 4.58. The van der Waals surface area contributed by atoms with Crippen molar-refractivity contribution in [2.45, 2.75) is 44.4 Å². The first kappa shape index (κ1) is 15.9. The van der Waals surface area contributed by atoms with Gasteiger partial charge >= 0.3 is 0 Å². The van der Waals surface area contributed by atoms with Crippen molar-refractivity contribution in [1.82, 2.24) is 10.2 Å². The van der Waals surface area contributed by atoms with Crippen LogP contribution in [-0.4, -0.2) is 44.1 Å². The highest BCUT2D eigenvalue weighted by atomic mass is 16.5. The maximum atomic E-state index is 13.2. The average molecular weight is 328 g/mol. The molecule has 2 heterocycles. The molecule has 1 amide bonds. The van der Waals surface area contributed by atoms with Crippen molar-refractivity contribution < 1.29 is 9.53 Å². The first-order valence-electron chi connectivity index (χ1n) is 9.24. The molecule has 1 saturated carbocycles. The number of rotatable bonds is 3. The second-order valence-electron chi connectivity index (χ2n) is 7.99. The summed E-state index contributed by atoms with van der Waals surface area (Å²) in [7, 11) is 1.70. The third-order valence-electron chi connectivity index (χ3n) is 6.56. The second-order valence-corrected chi connectivity index (χ2v) is 7.99. The number of hydrogen-bond acceptors (Lipinski definition) is 3. The van der Waals surface area contributed by atoms with Gasteiger partial charge in [-0.3, -0.25) is 4.79 Å². The quantitative estimate of drug-likeness (QED) is 0.927. The maximum Gasteiger partial charge on any atom is 0.233 e. The number of aryl methyl sites for hydroxylation is 1. The Morgan fingerprint density at radius 2 is 1.92 bits per heavy atom. The van der Waals surface area contributed by atoms with Crippen LogP contribution in [0.25, 0.3) is 0 Å². The van der Waals surface area contributed by atoms with E-state index in [2.05, 4.69) is 28.4 Å². The van der Waals surface area contributed by atoms with Crippen LogP contribution in [0.15, 0.2) is 18.2 Å². The Bertz CT molecular complexity index is 635. The molecule has 2 aliphatic heterocycles. The van der Waals surface area contributed by atoms with E-state index in [9.17, 15) is 4.79 Å². The summed E-state index contributed by atoms with van der Waals surface area (Å²) in [5, 5.41) is 3.50. The number of likely N-dealkylation sites (tertiary alicyclic amines) is 1. The first-order chi connectivity index (χ1) is 11.6. The van der Waals surface area contributed by atoms with Crippen LogP contribution in [0, 0.1) is 12.3 Å². The molecule has 3 fully saturated rings. The lowest BCUT2D eigenvalue weighted by atomic mass is 9.77. The highest BCUT2D eigenvalue weighted by molar-refractivity contribution is 5.91. The van der Waals surface area contributed by atoms with E-state index in [4.69, 9.17) is 4.74 Å². The molecule has 1 aromatic carbocycles. The van der Waals surface area contributed by atoms with Gasteiger partial charge in [-0.05, 0) is 68.2 Å². The Hall–Kier alpha value is -1.55. The Morgan fingerprint density at radius 1 is 1.17 bits per heavy atom. The zero-order valence-electron chi connectivity index (χ0n) is 14.9. The monoisotopic (exact) mass is 328 g/mol. The molecule has 1 spiro atoms. The van der Waals surface area contributed by atoms with Gasteiger partial charge in [-0.25, -0.2) is 0 Å². The van der Waals surface area contributed by atoms with Gasteiger partial charge in [0.25, 0.3) is 0 Å². The van der Waals surface area contributed by atoms with Crippen molar-refractivity contribution in [3.8, 4) is 5.75 Å². The van der Waals surface area contributed by atoms with Gasteiger partial charge in [-0.15, -0.1) is 0 Å². The lowest BCUT2D eigenvalue weighted by Crippen LogP contribution is -2.47. The largest absolute Gasteiger partial charge is 0.496 e. The van der Waals surface area contributed by atoms with Crippen LogP contribution in [0.4, 0.5) is 0 Å². The number of piperidine rings is 1. The molecule has 4 rings (SSSR count). The van der Waals surface area contributed by atoms with Crippen molar-refractivity contribution in [3.63, 3.8) is 0 Å². The van der Waals surface area contributed by atoms with E-state index in [1.807, 2.05) is 6.92 Å². The Morgan fingerprint density at radius 3 is 2.50 bits per heavy atom. The number of ether oxygens (including phenoxy) is 1. The molecule has 0 bridgehead atoms. The maximum absolute atomic E-state index is 13.2. The van der Waals surface area contributed by atoms with Crippen LogP contribution in [0.2, 0.25) is 0 Å². The molecule has 0 atom stereocenters. The van der Waals surface area contributed by atoms with E-state index < -0.39 is 0 Å². The van der Waals surface area contributed by atoms with Gasteiger partial charge in [-0.1, -0.05) is 12.1 Å². The number of methoxy groups -OCH3 is 1. The van der Waals surface area contributed by atoms with E-state index in [1.54, 1.807) is 7.11 Å². The smallest absolute Gasteiger partial charge is 0.233 e. The third kappa shape index (κ3) is 2.52. The number of amides is 1. The molecule has 0 unspecified atom stereocenters. The highest BCUT2D eigenvalue weighted by Gasteiger charge is 2.54. The SMILES string of the molecule is COc1cc(C2(C(=O)N3CCC4(CCNC4)CC3)CC2)ccc1C. The van der Waals surface area contributed by atoms with E-state index in [-0.39, 0.29) is 5.41 Å². The minimum absolute atomic E-state index is 0.278. The van der Waals surface area contributed by atoms with Crippen LogP contribution in [0.3, 0.4) is 0 Å². The Kier molecular flexibility index (Phi) is 3.83. The zero-order valence-corrected chi connectivity index (χ0v) is 14.9. The fraction of sp³-hybridized carbons (Fsp3) is 0.650. The first-order valence-corrected chi connectivity index (χ1v) is 9.24. The molecule has 4 nitrogen and oxygen atoms in total. The predicted molar refractivity (Wildman–Crippen MR) is 94.4 cm³/mol. The Labute approximate surface area is 144 Å². The third-order valence-corrected chi connectivity index (χ3v) is 6.56. The van der Waals surface area contributed by atoms with Crippen molar-refractivity contribution in [3.05, 3.63) is 29.3 Å². The second kappa shape index (κ2) is 5.76. The summed E-state index contributed by atoms with van der Waals surface area (Å²) >= 11 is 0. The topological polar surface area (TPSA) is 41.6 Å². The lowest BCUT2D eigenvalue weighted by molar-refractivity contribution is -0.136. The molecule has 1 N–H and O–H groups in total. The summed E-state index contributed by atoms with van der Waals surface area (Å²) in [5.74, 6) is 1.23. The fourth-order valence-electron chi connectivity index (χ4n) is 4.58. The van der Waals surface area contributed by atoms with Crippen LogP contribution in [-0.2, 0) is 10.2 Å². The minimum atomic E-state index is -0.278. The van der Waals surface area contributed by atoms with Gasteiger partial charge in [0.05, 0.1) is 12.5 Å². The van der Waals surface area contributed by atoms with Crippen molar-refractivity contribution in [2.75, 3.05) is 33.3 Å². The van der Waals surface area contributed by atoms with Crippen LogP contribution >= 0.6 is 0 Å². The number of benzene rings is 1. The molecular formula is C20H28N2O2. The molecule has 1 aliphatic carbocycles. The summed E-state index contributed by atoms with van der Waals surface area (Å²) in [6.07, 6.45) is 5.52. The molecule has 1 aromatic rings. The molecule has 130 valence electrons. The van der Waals surface area contributed by atoms with E-state index in [1.165, 1.54) is 6.42 Å². The number of carbonyl (C=O) groups excluding carboxylic acids is 1. The van der Waals surface area contributed by atoms with Gasteiger partial charge in [0.15, 0.2) is 0 Å². The van der Waals surface area contributed by atoms with Crippen LogP contribution in [0.1, 0.15) is 43.2 Å². The predicted octanol–water partition coefficient (Wildman–Crippen LogP) is 2.64. The summed E-state index contributed by atoms with van der Waals surface area (Å²) in [5.41, 5.74) is 2.44. The number of hydrogen-bond donors (Lipinski definition) is 1. The summed E-state index contributed by atoms with van der Waals surface area (Å²) in [4.78, 5) is 15.4. The normalized spacial score (nSPS) is 24.2. The van der Waals surface area contributed by atoms with Crippen molar-refractivity contribution in [1.29, 1.82) is 0 Å². The van der Waals surface area contributed by atoms with Gasteiger partial charge in [0, 0.05) is 19.6 Å². The van der Waals surface area contributed by atoms with E-state index in [0.29, 0.717) is 11.3 Å². The molecule has 0 radical (unpaired) electrons. The van der Waals surface area contributed by atoms with Gasteiger partial charge in [-0.2, -0.15) is 0 Å². The number of carbonyl (C=O) groups is 1. The molecule has 3 aliphatic rings. The highest BCUT2D eigenvalue weighted by Crippen LogP contribution is 2.51. The molecular weight excluding hydrogens is 300 g/mol. The zero-order chi connectivity index (χ0) is 16.8. The van der Waals surface area contributed by atoms with Gasteiger partial charge in [0.2, 0.25) is 5.91 Å². The average Bonchev–Trinajstić information content (AvgIpc) is 3.30. The number of nitrogens with zero attached hydrogens (tertiary/aromatic N) is 1. The summed E-state index contributed by atoms with van der Waals surface area (Å²) < 4.78 is 5.47. The Balaban J connectivity index is 1.50. The van der Waals surface area contributed by atoms with Crippen molar-refractivity contribution in [2.24, 2.45) is 5.41 Å². The minimum Gasteiger partial charge on any atom is -0.496 e. The lowest BCUT2D eigenvalue weighted by Gasteiger charge is -2.40. The van der Waals surface area contributed by atoms with Crippen LogP contribution < -0.4 is 10.1 Å². The summed E-state index contributed by atoms with van der Waals surface area (Å²) in [6.45, 7) is 6.16. The standard InChI is InChI=1S/C20H28N2O2/c1-15-3-4-16(13-17(15)24-2)20(5-6-20)18(23)22-11-8-19(9-12-22)7-10-21-14-19/h3-4,13,21H,5-12,14H2,1-2H3. The molecule has 2 saturated heterocycles. The van der Waals surface area contributed by atoms with E-state index in [0.717, 1.165) is 68.7 Å². The number of nitrogens with one attached hydrogen (secondary N) is 1. The van der Waals surface area contributed by atoms with E-state index >= 15 is 0 Å². The van der Waals surface area contributed by atoms with Gasteiger partial charge < -0.3 is 15.0 Å². The molecule has 0 aromatic heterocycles. The molecule has 4 heteroatoms. The van der Waals surface area contributed by atoms with Crippen LogP contribution in [0.5, 0.6) is 5.75 Å². The van der Waals surface area contributed by atoms with Crippen molar-refractivity contribution >= 4 is 5.91 Å².